The van der Waals surface area contributed by atoms with Crippen LogP contribution in [0.25, 0.3) is 11.0 Å². The lowest BCUT2D eigenvalue weighted by atomic mass is 10.1. The Labute approximate surface area is 199 Å². The SMILES string of the molecule is CCN(CCC#N)c1ccc(CNCCCn2cnc3ccccc32)c(C)c1.O=C(O)C(=O)O. The third kappa shape index (κ3) is 7.90. The van der Waals surface area contributed by atoms with E-state index in [2.05, 4.69) is 76.1 Å². The van der Waals surface area contributed by atoms with Gasteiger partial charge in [-0.3, -0.25) is 0 Å². The number of aryl methyl sites for hydroxylation is 2. The number of nitriles is 1. The maximum atomic E-state index is 9.10. The number of carbonyl (C=O) groups is 2. The van der Waals surface area contributed by atoms with Crippen LogP contribution in [0.15, 0.2) is 48.8 Å². The van der Waals surface area contributed by atoms with Crippen LogP contribution < -0.4 is 10.2 Å². The van der Waals surface area contributed by atoms with Crippen LogP contribution in [0.1, 0.15) is 30.9 Å². The smallest absolute Gasteiger partial charge is 0.414 e. The molecule has 1 aromatic heterocycles. The molecule has 0 atom stereocenters. The van der Waals surface area contributed by atoms with Crippen molar-refractivity contribution in [3.05, 3.63) is 59.9 Å². The van der Waals surface area contributed by atoms with E-state index in [4.69, 9.17) is 25.1 Å². The van der Waals surface area contributed by atoms with Crippen LogP contribution in [-0.4, -0.2) is 51.3 Å². The number of hydrogen-bond acceptors (Lipinski definition) is 6. The molecule has 3 aromatic rings. The first-order valence-electron chi connectivity index (χ1n) is 11.2. The number of nitrogens with one attached hydrogen (secondary N) is 1. The van der Waals surface area contributed by atoms with E-state index in [1.165, 1.54) is 22.3 Å². The van der Waals surface area contributed by atoms with Gasteiger partial charge in [0.25, 0.3) is 0 Å². The van der Waals surface area contributed by atoms with E-state index >= 15 is 0 Å². The highest BCUT2D eigenvalue weighted by molar-refractivity contribution is 6.27. The normalized spacial score (nSPS) is 10.3. The Balaban J connectivity index is 0.000000604. The second-order valence-electron chi connectivity index (χ2n) is 7.67. The van der Waals surface area contributed by atoms with Gasteiger partial charge >= 0.3 is 11.9 Å². The lowest BCUT2D eigenvalue weighted by molar-refractivity contribution is -0.159. The summed E-state index contributed by atoms with van der Waals surface area (Å²) >= 11 is 0. The number of nitrogens with zero attached hydrogens (tertiary/aromatic N) is 4. The number of anilines is 1. The van der Waals surface area contributed by atoms with E-state index in [1.807, 2.05) is 12.4 Å². The minimum atomic E-state index is -1.82. The highest BCUT2D eigenvalue weighted by Gasteiger charge is 2.07. The van der Waals surface area contributed by atoms with Gasteiger partial charge in [-0.15, -0.1) is 0 Å². The third-order valence-corrected chi connectivity index (χ3v) is 5.34. The first-order valence-corrected chi connectivity index (χ1v) is 11.2. The summed E-state index contributed by atoms with van der Waals surface area (Å²) in [5.74, 6) is -3.65. The van der Waals surface area contributed by atoms with Crippen molar-refractivity contribution in [1.82, 2.24) is 14.9 Å². The molecule has 2 aromatic carbocycles. The topological polar surface area (TPSA) is 131 Å². The van der Waals surface area contributed by atoms with Crippen molar-refractivity contribution in [1.29, 1.82) is 5.26 Å². The zero-order valence-corrected chi connectivity index (χ0v) is 19.6. The van der Waals surface area contributed by atoms with Crippen LogP contribution >= 0.6 is 0 Å². The van der Waals surface area contributed by atoms with Gasteiger partial charge in [0.15, 0.2) is 0 Å². The van der Waals surface area contributed by atoms with Crippen molar-refractivity contribution >= 4 is 28.7 Å². The van der Waals surface area contributed by atoms with Gasteiger partial charge in [0.1, 0.15) is 0 Å². The Hall–Kier alpha value is -3.90. The number of para-hydroxylation sites is 2. The molecule has 0 amide bonds. The van der Waals surface area contributed by atoms with Crippen LogP contribution in [0.2, 0.25) is 0 Å². The predicted octanol–water partition coefficient (Wildman–Crippen LogP) is 3.42. The van der Waals surface area contributed by atoms with Gasteiger partial charge in [0.2, 0.25) is 0 Å². The number of benzene rings is 2. The Morgan fingerprint density at radius 2 is 1.91 bits per heavy atom. The molecule has 1 heterocycles. The minimum Gasteiger partial charge on any atom is -0.473 e. The molecule has 3 N–H and O–H groups in total. The van der Waals surface area contributed by atoms with Gasteiger partial charge in [0.05, 0.1) is 29.9 Å². The van der Waals surface area contributed by atoms with Crippen molar-refractivity contribution < 1.29 is 19.8 Å². The van der Waals surface area contributed by atoms with E-state index in [-0.39, 0.29) is 0 Å². The molecule has 180 valence electrons. The maximum absolute atomic E-state index is 9.10. The Morgan fingerprint density at radius 3 is 2.56 bits per heavy atom. The van der Waals surface area contributed by atoms with Crippen molar-refractivity contribution in [3.8, 4) is 6.07 Å². The van der Waals surface area contributed by atoms with E-state index in [9.17, 15) is 0 Å². The monoisotopic (exact) mass is 465 g/mol. The highest BCUT2D eigenvalue weighted by atomic mass is 16.4. The molecule has 34 heavy (non-hydrogen) atoms. The molecule has 0 fully saturated rings. The fourth-order valence-corrected chi connectivity index (χ4v) is 3.52. The highest BCUT2D eigenvalue weighted by Crippen LogP contribution is 2.19. The molecule has 0 bridgehead atoms. The zero-order valence-electron chi connectivity index (χ0n) is 19.6. The fraction of sp³-hybridized carbons (Fsp3) is 0.360. The van der Waals surface area contributed by atoms with E-state index in [0.717, 1.165) is 44.7 Å². The van der Waals surface area contributed by atoms with Crippen LogP contribution in [0.4, 0.5) is 5.69 Å². The predicted molar refractivity (Wildman–Crippen MR) is 131 cm³/mol. The number of aromatic nitrogens is 2. The number of imidazole rings is 1. The van der Waals surface area contributed by atoms with Crippen molar-refractivity contribution in [2.75, 3.05) is 24.5 Å². The second kappa shape index (κ2) is 13.6. The van der Waals surface area contributed by atoms with Crippen LogP contribution in [0, 0.1) is 18.3 Å². The van der Waals surface area contributed by atoms with Gasteiger partial charge in [-0.25, -0.2) is 14.6 Å². The molecular formula is C25H31N5O4. The molecule has 0 spiro atoms. The molecule has 0 saturated carbocycles. The Morgan fingerprint density at radius 1 is 1.18 bits per heavy atom. The molecule has 9 nitrogen and oxygen atoms in total. The van der Waals surface area contributed by atoms with E-state index in [1.54, 1.807) is 0 Å². The summed E-state index contributed by atoms with van der Waals surface area (Å²) < 4.78 is 2.22. The summed E-state index contributed by atoms with van der Waals surface area (Å²) in [6, 6.07) is 17.1. The Bertz CT molecular complexity index is 1120. The van der Waals surface area contributed by atoms with Gasteiger partial charge in [-0.05, 0) is 62.2 Å². The van der Waals surface area contributed by atoms with Gasteiger partial charge in [-0.1, -0.05) is 18.2 Å². The third-order valence-electron chi connectivity index (χ3n) is 5.34. The summed E-state index contributed by atoms with van der Waals surface area (Å²) in [6.07, 6.45) is 3.55. The zero-order chi connectivity index (χ0) is 24.9. The summed E-state index contributed by atoms with van der Waals surface area (Å²) in [4.78, 5) is 24.9. The van der Waals surface area contributed by atoms with Crippen molar-refractivity contribution in [2.45, 2.75) is 39.8 Å². The lowest BCUT2D eigenvalue weighted by Crippen LogP contribution is -2.24. The Kier molecular flexibility index (Phi) is 10.5. The number of fused-ring (bicyclic) bond motifs is 1. The van der Waals surface area contributed by atoms with Gasteiger partial charge in [0, 0.05) is 31.9 Å². The average Bonchev–Trinajstić information content (AvgIpc) is 3.24. The first-order chi connectivity index (χ1) is 16.4. The number of rotatable bonds is 10. The largest absolute Gasteiger partial charge is 0.473 e. The molecule has 0 aliphatic rings. The summed E-state index contributed by atoms with van der Waals surface area (Å²) in [6.45, 7) is 8.81. The van der Waals surface area contributed by atoms with Gasteiger partial charge in [-0.2, -0.15) is 5.26 Å². The molecule has 0 saturated heterocycles. The molecule has 9 heteroatoms. The molecule has 0 aliphatic heterocycles. The maximum Gasteiger partial charge on any atom is 0.414 e. The first kappa shape index (κ1) is 26.4. The van der Waals surface area contributed by atoms with Gasteiger partial charge < -0.3 is 25.0 Å². The summed E-state index contributed by atoms with van der Waals surface area (Å²) in [7, 11) is 0. The van der Waals surface area contributed by atoms with Crippen LogP contribution in [0.3, 0.4) is 0 Å². The minimum absolute atomic E-state index is 0.558. The average molecular weight is 466 g/mol. The molecule has 0 aliphatic carbocycles. The lowest BCUT2D eigenvalue weighted by Gasteiger charge is -2.23. The molecule has 3 rings (SSSR count). The second-order valence-corrected chi connectivity index (χ2v) is 7.67. The number of carboxylic acid groups (broad SMARTS) is 2. The van der Waals surface area contributed by atoms with Crippen LogP contribution in [-0.2, 0) is 22.7 Å². The number of carboxylic acids is 2. The van der Waals surface area contributed by atoms with E-state index in [0.29, 0.717) is 6.42 Å². The molecular weight excluding hydrogens is 434 g/mol. The van der Waals surface area contributed by atoms with E-state index < -0.39 is 11.9 Å². The summed E-state index contributed by atoms with van der Waals surface area (Å²) in [5.41, 5.74) is 6.08. The fourth-order valence-electron chi connectivity index (χ4n) is 3.52. The van der Waals surface area contributed by atoms with Crippen molar-refractivity contribution in [3.63, 3.8) is 0 Å². The number of hydrogen-bond donors (Lipinski definition) is 3. The summed E-state index contributed by atoms with van der Waals surface area (Å²) in [5, 5.41) is 27.2. The van der Waals surface area contributed by atoms with Crippen LogP contribution in [0.5, 0.6) is 0 Å². The standard InChI is InChI=1S/C23H29N5.C2H2O4/c1-3-27(14-6-12-24)21-11-10-20(19(2)16-21)17-25-13-7-15-28-18-26-22-8-4-5-9-23(22)28;3-1(4)2(5)6/h4-5,8-11,16,18,25H,3,6-7,13-15,17H2,1-2H3;(H,3,4)(H,5,6). The molecule has 0 radical (unpaired) electrons. The molecule has 0 unspecified atom stereocenters. The quantitative estimate of drug-likeness (QED) is 0.307. The number of aliphatic carboxylic acids is 2. The van der Waals surface area contributed by atoms with Crippen molar-refractivity contribution in [2.24, 2.45) is 0 Å².